The third kappa shape index (κ3) is 2.87. The van der Waals surface area contributed by atoms with Gasteiger partial charge in [0.25, 0.3) is 0 Å². The van der Waals surface area contributed by atoms with Gasteiger partial charge >= 0.3 is 0 Å². The van der Waals surface area contributed by atoms with Crippen LogP contribution in [-0.4, -0.2) is 53.7 Å². The van der Waals surface area contributed by atoms with Crippen LogP contribution in [-0.2, 0) is 11.2 Å². The highest BCUT2D eigenvalue weighted by atomic mass is 16.2. The maximum absolute atomic E-state index is 12.6. The molecule has 0 radical (unpaired) electrons. The van der Waals surface area contributed by atoms with Crippen molar-refractivity contribution in [2.24, 2.45) is 5.92 Å². The number of H-pyrrole nitrogens is 1. The van der Waals surface area contributed by atoms with E-state index >= 15 is 0 Å². The molecule has 2 aliphatic rings. The van der Waals surface area contributed by atoms with Crippen LogP contribution in [0.15, 0.2) is 30.5 Å². The average molecular weight is 339 g/mol. The number of fused-ring (bicyclic) bond motifs is 2. The molecule has 2 aromatic rings. The van der Waals surface area contributed by atoms with Crippen LogP contribution in [0.5, 0.6) is 0 Å². The summed E-state index contributed by atoms with van der Waals surface area (Å²) in [6, 6.07) is 6.71. The van der Waals surface area contributed by atoms with Gasteiger partial charge in [-0.25, -0.2) is 0 Å². The van der Waals surface area contributed by atoms with Crippen LogP contribution >= 0.6 is 0 Å². The highest BCUT2D eigenvalue weighted by Crippen LogP contribution is 2.40. The molecule has 3 N–H and O–H groups in total. The Kier molecular flexibility index (Phi) is 4.36. The molecule has 1 aromatic carbocycles. The van der Waals surface area contributed by atoms with Crippen LogP contribution in [0, 0.1) is 5.92 Å². The van der Waals surface area contributed by atoms with Crippen LogP contribution in [0.4, 0.5) is 0 Å². The van der Waals surface area contributed by atoms with Gasteiger partial charge in [-0.3, -0.25) is 9.69 Å². The topological polar surface area (TPSA) is 68.4 Å². The van der Waals surface area contributed by atoms with E-state index < -0.39 is 0 Å². The molecule has 25 heavy (non-hydrogen) atoms. The summed E-state index contributed by atoms with van der Waals surface area (Å²) in [6.45, 7) is 1.55. The summed E-state index contributed by atoms with van der Waals surface area (Å²) in [5, 5.41) is 13.2. The lowest BCUT2D eigenvalue weighted by Crippen LogP contribution is -2.46. The second-order valence-corrected chi connectivity index (χ2v) is 7.15. The number of aromatic amines is 1. The van der Waals surface area contributed by atoms with Gasteiger partial charge in [-0.2, -0.15) is 0 Å². The molecule has 5 heteroatoms. The smallest absolute Gasteiger partial charge is 0.228 e. The molecule has 0 fully saturated rings. The summed E-state index contributed by atoms with van der Waals surface area (Å²) in [5.41, 5.74) is 5.08. The number of hydrogen-bond acceptors (Lipinski definition) is 3. The van der Waals surface area contributed by atoms with E-state index in [2.05, 4.69) is 52.7 Å². The van der Waals surface area contributed by atoms with Crippen molar-refractivity contribution in [3.63, 3.8) is 0 Å². The number of rotatable bonds is 5. The van der Waals surface area contributed by atoms with Crippen molar-refractivity contribution in [2.45, 2.75) is 25.3 Å². The lowest BCUT2D eigenvalue weighted by Gasteiger charge is -2.39. The average Bonchev–Trinajstić information content (AvgIpc) is 3.04. The van der Waals surface area contributed by atoms with Crippen molar-refractivity contribution in [2.75, 3.05) is 26.7 Å². The molecular formula is C20H25N3O2. The molecule has 2 atom stereocenters. The summed E-state index contributed by atoms with van der Waals surface area (Å²) in [5.74, 6) is -0.0381. The first-order valence-corrected chi connectivity index (χ1v) is 9.09. The number of unbranched alkanes of at least 4 members (excludes halogenated alkanes) is 1. The van der Waals surface area contributed by atoms with Gasteiger partial charge in [-0.05, 0) is 49.1 Å². The number of likely N-dealkylation sites (N-methyl/N-ethyl adjacent to an activating group) is 1. The Balaban J connectivity index is 1.62. The molecule has 1 aliphatic heterocycles. The number of carbonyl (C=O) groups excluding carboxylic acids is 1. The van der Waals surface area contributed by atoms with Crippen molar-refractivity contribution in [3.05, 3.63) is 41.6 Å². The zero-order valence-corrected chi connectivity index (χ0v) is 14.6. The first kappa shape index (κ1) is 16.4. The molecular weight excluding hydrogens is 314 g/mol. The number of carbonyl (C=O) groups is 1. The summed E-state index contributed by atoms with van der Waals surface area (Å²) in [6.07, 6.45) is 6.84. The Morgan fingerprint density at radius 2 is 2.28 bits per heavy atom. The molecule has 0 unspecified atom stereocenters. The van der Waals surface area contributed by atoms with Gasteiger partial charge in [0.2, 0.25) is 5.91 Å². The van der Waals surface area contributed by atoms with E-state index in [0.29, 0.717) is 12.6 Å². The summed E-state index contributed by atoms with van der Waals surface area (Å²) < 4.78 is 0. The Labute approximate surface area is 147 Å². The van der Waals surface area contributed by atoms with Crippen molar-refractivity contribution >= 4 is 22.4 Å². The number of benzene rings is 1. The number of aromatic nitrogens is 1. The molecule has 1 amide bonds. The fourth-order valence-corrected chi connectivity index (χ4v) is 4.19. The molecule has 0 bridgehead atoms. The molecule has 5 nitrogen and oxygen atoms in total. The van der Waals surface area contributed by atoms with Gasteiger partial charge in [-0.15, -0.1) is 0 Å². The molecule has 1 aliphatic carbocycles. The zero-order chi connectivity index (χ0) is 17.4. The Hall–Kier alpha value is -2.11. The molecule has 4 rings (SSSR count). The third-order valence-corrected chi connectivity index (χ3v) is 5.49. The Bertz CT molecular complexity index is 823. The lowest BCUT2D eigenvalue weighted by molar-refractivity contribution is -0.124. The first-order valence-electron chi connectivity index (χ1n) is 9.09. The number of nitrogens with zero attached hydrogens (tertiary/aromatic N) is 1. The fraction of sp³-hybridized carbons (Fsp3) is 0.450. The molecule has 1 aromatic heterocycles. The minimum atomic E-state index is -0.124. The SMILES string of the molecule is CN1C[C@H](C(=O)NCCCCO)C=C2c3cccc4[nH]cc(c34)C[C@H]21. The van der Waals surface area contributed by atoms with Gasteiger partial charge in [0.05, 0.1) is 5.92 Å². The van der Waals surface area contributed by atoms with E-state index in [4.69, 9.17) is 5.11 Å². The van der Waals surface area contributed by atoms with Crippen LogP contribution in [0.1, 0.15) is 24.0 Å². The van der Waals surface area contributed by atoms with Crippen molar-refractivity contribution in [1.82, 2.24) is 15.2 Å². The standard InChI is InChI=1S/C20H25N3O2/c1-23-12-14(20(25)21-7-2-3-8-24)9-16-15-5-4-6-17-19(15)13(11-22-17)10-18(16)23/h4-6,9,11,14,18,22,24H,2-3,7-8,10,12H2,1H3,(H,21,25)/t14-,18-/m1/s1. The molecule has 0 saturated carbocycles. The largest absolute Gasteiger partial charge is 0.396 e. The van der Waals surface area contributed by atoms with Crippen LogP contribution in [0.2, 0.25) is 0 Å². The van der Waals surface area contributed by atoms with E-state index in [9.17, 15) is 4.79 Å². The molecule has 132 valence electrons. The minimum Gasteiger partial charge on any atom is -0.396 e. The van der Waals surface area contributed by atoms with Crippen molar-refractivity contribution in [1.29, 1.82) is 0 Å². The van der Waals surface area contributed by atoms with Gasteiger partial charge in [0.15, 0.2) is 0 Å². The van der Waals surface area contributed by atoms with Gasteiger partial charge in [0.1, 0.15) is 0 Å². The number of nitrogens with one attached hydrogen (secondary N) is 2. The van der Waals surface area contributed by atoms with Crippen molar-refractivity contribution < 1.29 is 9.90 Å². The van der Waals surface area contributed by atoms with E-state index in [0.717, 1.165) is 25.8 Å². The number of aliphatic hydroxyl groups is 1. The maximum Gasteiger partial charge on any atom is 0.228 e. The predicted molar refractivity (Wildman–Crippen MR) is 99.2 cm³/mol. The highest BCUT2D eigenvalue weighted by molar-refractivity contribution is 5.99. The quantitative estimate of drug-likeness (QED) is 0.729. The maximum atomic E-state index is 12.6. The Morgan fingerprint density at radius 1 is 1.40 bits per heavy atom. The highest BCUT2D eigenvalue weighted by Gasteiger charge is 2.35. The summed E-state index contributed by atoms with van der Waals surface area (Å²) in [4.78, 5) is 18.2. The van der Waals surface area contributed by atoms with Crippen LogP contribution < -0.4 is 5.32 Å². The zero-order valence-electron chi connectivity index (χ0n) is 14.6. The van der Waals surface area contributed by atoms with E-state index in [-0.39, 0.29) is 18.4 Å². The molecule has 2 heterocycles. The number of amides is 1. The third-order valence-electron chi connectivity index (χ3n) is 5.49. The number of hydrogen-bond donors (Lipinski definition) is 3. The Morgan fingerprint density at radius 3 is 3.12 bits per heavy atom. The van der Waals surface area contributed by atoms with E-state index in [1.165, 1.54) is 27.6 Å². The van der Waals surface area contributed by atoms with Gasteiger partial charge < -0.3 is 15.4 Å². The molecule has 0 saturated heterocycles. The minimum absolute atomic E-state index is 0.0859. The van der Waals surface area contributed by atoms with Crippen molar-refractivity contribution in [3.8, 4) is 0 Å². The fourth-order valence-electron chi connectivity index (χ4n) is 4.19. The monoisotopic (exact) mass is 339 g/mol. The second-order valence-electron chi connectivity index (χ2n) is 7.15. The van der Waals surface area contributed by atoms with Gasteiger partial charge in [-0.1, -0.05) is 18.2 Å². The van der Waals surface area contributed by atoms with Gasteiger partial charge in [0, 0.05) is 42.8 Å². The summed E-state index contributed by atoms with van der Waals surface area (Å²) >= 11 is 0. The second kappa shape index (κ2) is 6.65. The van der Waals surface area contributed by atoms with E-state index in [1.807, 2.05) is 0 Å². The first-order chi connectivity index (χ1) is 12.2. The van der Waals surface area contributed by atoms with Crippen LogP contribution in [0.3, 0.4) is 0 Å². The normalized spacial score (nSPS) is 22.6. The lowest BCUT2D eigenvalue weighted by atomic mass is 9.80. The van der Waals surface area contributed by atoms with Crippen LogP contribution in [0.25, 0.3) is 16.5 Å². The predicted octanol–water partition coefficient (Wildman–Crippen LogP) is 1.93. The number of aliphatic hydroxyl groups excluding tert-OH is 1. The summed E-state index contributed by atoms with van der Waals surface area (Å²) in [7, 11) is 2.11. The molecule has 0 spiro atoms. The van der Waals surface area contributed by atoms with E-state index in [1.54, 1.807) is 0 Å².